The number of unbranched alkanes of at least 4 members (excludes halogenated alkanes) is 1. The number of rotatable bonds is 7. The summed E-state index contributed by atoms with van der Waals surface area (Å²) >= 11 is 0. The minimum Gasteiger partial charge on any atom is -0.408 e. The van der Waals surface area contributed by atoms with Gasteiger partial charge in [0.15, 0.2) is 5.58 Å². The molecule has 0 saturated carbocycles. The van der Waals surface area contributed by atoms with Crippen LogP contribution in [0.5, 0.6) is 0 Å². The van der Waals surface area contributed by atoms with Gasteiger partial charge in [0.1, 0.15) is 0 Å². The van der Waals surface area contributed by atoms with Crippen molar-refractivity contribution in [3.8, 4) is 0 Å². The van der Waals surface area contributed by atoms with Crippen LogP contribution in [0.3, 0.4) is 0 Å². The van der Waals surface area contributed by atoms with E-state index in [0.717, 1.165) is 17.9 Å². The summed E-state index contributed by atoms with van der Waals surface area (Å²) in [5, 5.41) is 0. The number of fused-ring (bicyclic) bond motifs is 1. The van der Waals surface area contributed by atoms with Crippen molar-refractivity contribution < 1.29 is 4.42 Å². The van der Waals surface area contributed by atoms with E-state index in [4.69, 9.17) is 4.42 Å². The van der Waals surface area contributed by atoms with Crippen LogP contribution >= 0.6 is 0 Å². The van der Waals surface area contributed by atoms with Gasteiger partial charge in [-0.25, -0.2) is 4.79 Å². The van der Waals surface area contributed by atoms with Crippen molar-refractivity contribution in [3.63, 3.8) is 0 Å². The van der Waals surface area contributed by atoms with Crippen LogP contribution in [0, 0.1) is 5.92 Å². The molecule has 4 nitrogen and oxygen atoms in total. The second-order valence-electron chi connectivity index (χ2n) is 8.16. The third-order valence-electron chi connectivity index (χ3n) is 6.12. The Morgan fingerprint density at radius 3 is 2.57 bits per heavy atom. The number of benzene rings is 2. The summed E-state index contributed by atoms with van der Waals surface area (Å²) in [7, 11) is 1.75. The molecule has 4 rings (SSSR count). The fourth-order valence-electron chi connectivity index (χ4n) is 4.36. The Morgan fingerprint density at radius 2 is 1.79 bits per heavy atom. The lowest BCUT2D eigenvalue weighted by atomic mass is 9.90. The zero-order valence-corrected chi connectivity index (χ0v) is 16.8. The second-order valence-corrected chi connectivity index (χ2v) is 8.16. The smallest absolute Gasteiger partial charge is 0.408 e. The van der Waals surface area contributed by atoms with Crippen LogP contribution < -0.4 is 5.76 Å². The largest absolute Gasteiger partial charge is 0.419 e. The van der Waals surface area contributed by atoms with Gasteiger partial charge in [0.25, 0.3) is 0 Å². The molecule has 0 bridgehead atoms. The molecule has 148 valence electrons. The van der Waals surface area contributed by atoms with Gasteiger partial charge in [0.2, 0.25) is 0 Å². The van der Waals surface area contributed by atoms with E-state index in [1.165, 1.54) is 62.9 Å². The quantitative estimate of drug-likeness (QED) is 0.572. The number of likely N-dealkylation sites (tertiary alicyclic amines) is 1. The number of hydrogen-bond acceptors (Lipinski definition) is 3. The average molecular weight is 379 g/mol. The molecule has 0 amide bonds. The highest BCUT2D eigenvalue weighted by Gasteiger charge is 2.19. The molecule has 0 spiro atoms. The monoisotopic (exact) mass is 378 g/mol. The Labute approximate surface area is 166 Å². The van der Waals surface area contributed by atoms with Gasteiger partial charge in [-0.2, -0.15) is 0 Å². The maximum absolute atomic E-state index is 11.6. The molecule has 0 unspecified atom stereocenters. The first-order valence-electron chi connectivity index (χ1n) is 10.5. The van der Waals surface area contributed by atoms with Gasteiger partial charge in [0, 0.05) is 7.05 Å². The fourth-order valence-corrected chi connectivity index (χ4v) is 4.36. The number of oxazole rings is 1. The van der Waals surface area contributed by atoms with Gasteiger partial charge >= 0.3 is 5.76 Å². The van der Waals surface area contributed by atoms with Crippen molar-refractivity contribution in [2.75, 3.05) is 19.6 Å². The van der Waals surface area contributed by atoms with Gasteiger partial charge in [0.05, 0.1) is 5.52 Å². The summed E-state index contributed by atoms with van der Waals surface area (Å²) in [4.78, 5) is 14.2. The lowest BCUT2D eigenvalue weighted by Gasteiger charge is -2.32. The van der Waals surface area contributed by atoms with Gasteiger partial charge in [-0.1, -0.05) is 36.4 Å². The van der Waals surface area contributed by atoms with Crippen molar-refractivity contribution in [1.29, 1.82) is 0 Å². The normalized spacial score (nSPS) is 16.0. The lowest BCUT2D eigenvalue weighted by molar-refractivity contribution is 0.181. The van der Waals surface area contributed by atoms with Crippen LogP contribution in [0.2, 0.25) is 0 Å². The summed E-state index contributed by atoms with van der Waals surface area (Å²) in [5.74, 6) is 0.550. The predicted molar refractivity (Wildman–Crippen MR) is 114 cm³/mol. The van der Waals surface area contributed by atoms with Crippen LogP contribution in [0.25, 0.3) is 11.1 Å². The molecule has 3 aromatic rings. The predicted octanol–water partition coefficient (Wildman–Crippen LogP) is 4.41. The maximum Gasteiger partial charge on any atom is 0.419 e. The third kappa shape index (κ3) is 4.56. The Balaban J connectivity index is 1.18. The molecule has 1 aromatic heterocycles. The van der Waals surface area contributed by atoms with Gasteiger partial charge < -0.3 is 9.32 Å². The van der Waals surface area contributed by atoms with Crippen molar-refractivity contribution >= 4 is 11.1 Å². The second kappa shape index (κ2) is 8.78. The van der Waals surface area contributed by atoms with Crippen LogP contribution in [0.1, 0.15) is 36.8 Å². The first kappa shape index (κ1) is 19.0. The molecule has 4 heteroatoms. The molecular weight excluding hydrogens is 348 g/mol. The van der Waals surface area contributed by atoms with E-state index in [1.807, 2.05) is 12.1 Å². The Hall–Kier alpha value is -2.33. The molecule has 0 aliphatic carbocycles. The minimum atomic E-state index is -0.289. The highest BCUT2D eigenvalue weighted by atomic mass is 16.4. The third-order valence-corrected chi connectivity index (χ3v) is 6.12. The summed E-state index contributed by atoms with van der Waals surface area (Å²) in [5.41, 5.74) is 4.30. The van der Waals surface area contributed by atoms with Crippen LogP contribution in [0.15, 0.2) is 57.7 Å². The van der Waals surface area contributed by atoms with E-state index in [0.29, 0.717) is 5.58 Å². The molecule has 0 atom stereocenters. The summed E-state index contributed by atoms with van der Waals surface area (Å²) in [6, 6.07) is 17.0. The van der Waals surface area contributed by atoms with Crippen molar-refractivity contribution in [2.45, 2.75) is 38.5 Å². The first-order chi connectivity index (χ1) is 13.7. The fraction of sp³-hybridized carbons (Fsp3) is 0.458. The minimum absolute atomic E-state index is 0.289. The zero-order valence-electron chi connectivity index (χ0n) is 16.8. The molecular formula is C24H30N2O2. The van der Waals surface area contributed by atoms with E-state index in [1.54, 1.807) is 11.6 Å². The average Bonchev–Trinajstić information content (AvgIpc) is 3.00. The van der Waals surface area contributed by atoms with E-state index < -0.39 is 0 Å². The van der Waals surface area contributed by atoms with Gasteiger partial charge in [-0.3, -0.25) is 4.57 Å². The zero-order chi connectivity index (χ0) is 19.3. The molecule has 1 saturated heterocycles. The van der Waals surface area contributed by atoms with Gasteiger partial charge in [-0.15, -0.1) is 0 Å². The van der Waals surface area contributed by atoms with E-state index in [-0.39, 0.29) is 5.76 Å². The molecule has 0 N–H and O–H groups in total. The number of nitrogens with zero attached hydrogens (tertiary/aromatic N) is 2. The van der Waals surface area contributed by atoms with Crippen LogP contribution in [0.4, 0.5) is 0 Å². The van der Waals surface area contributed by atoms with Crippen LogP contribution in [-0.2, 0) is 19.9 Å². The highest BCUT2D eigenvalue weighted by molar-refractivity contribution is 5.73. The molecule has 28 heavy (non-hydrogen) atoms. The Morgan fingerprint density at radius 1 is 1.00 bits per heavy atom. The van der Waals surface area contributed by atoms with E-state index in [9.17, 15) is 4.79 Å². The number of hydrogen-bond donors (Lipinski definition) is 0. The standard InChI is InChI=1S/C24H30N2O2/c1-25-22-11-10-20(18-23(22)28-24(25)27)9-5-6-14-26-15-12-21(13-16-26)17-19-7-3-2-4-8-19/h2-4,7-8,10-11,18,21H,5-6,9,12-17H2,1H3. The van der Waals surface area contributed by atoms with Crippen LogP contribution in [-0.4, -0.2) is 29.1 Å². The molecule has 2 heterocycles. The summed E-state index contributed by atoms with van der Waals surface area (Å²) < 4.78 is 6.85. The Bertz CT molecular complexity index is 950. The van der Waals surface area contributed by atoms with E-state index in [2.05, 4.69) is 41.3 Å². The summed E-state index contributed by atoms with van der Waals surface area (Å²) in [6.07, 6.45) is 7.30. The Kier molecular flexibility index (Phi) is 5.96. The van der Waals surface area contributed by atoms with E-state index >= 15 is 0 Å². The molecule has 2 aromatic carbocycles. The number of aromatic nitrogens is 1. The lowest BCUT2D eigenvalue weighted by Crippen LogP contribution is -2.35. The first-order valence-corrected chi connectivity index (χ1v) is 10.5. The highest BCUT2D eigenvalue weighted by Crippen LogP contribution is 2.22. The molecule has 0 radical (unpaired) electrons. The number of piperidine rings is 1. The van der Waals surface area contributed by atoms with Crippen molar-refractivity contribution in [2.24, 2.45) is 13.0 Å². The maximum atomic E-state index is 11.6. The number of aryl methyl sites for hydroxylation is 2. The van der Waals surface area contributed by atoms with Gasteiger partial charge in [-0.05, 0) is 87.3 Å². The summed E-state index contributed by atoms with van der Waals surface area (Å²) in [6.45, 7) is 3.66. The van der Waals surface area contributed by atoms with Crippen molar-refractivity contribution in [3.05, 3.63) is 70.2 Å². The van der Waals surface area contributed by atoms with Crippen molar-refractivity contribution in [1.82, 2.24) is 9.47 Å². The molecule has 1 aliphatic rings. The SMILES string of the molecule is Cn1c(=O)oc2cc(CCCCN3CCC(Cc4ccccc4)CC3)ccc21. The topological polar surface area (TPSA) is 38.4 Å². The molecule has 1 aliphatic heterocycles. The molecule has 1 fully saturated rings.